The summed E-state index contributed by atoms with van der Waals surface area (Å²) in [5, 5.41) is 0. The van der Waals surface area contributed by atoms with Crippen LogP contribution < -0.4 is 0 Å². The molecule has 1 aliphatic carbocycles. The van der Waals surface area contributed by atoms with Gasteiger partial charge in [-0.2, -0.15) is 0 Å². The van der Waals surface area contributed by atoms with E-state index in [9.17, 15) is 0 Å². The van der Waals surface area contributed by atoms with Crippen LogP contribution in [0, 0.1) is 5.92 Å². The van der Waals surface area contributed by atoms with Crippen LogP contribution in [0.5, 0.6) is 0 Å². The summed E-state index contributed by atoms with van der Waals surface area (Å²) in [6.07, 6.45) is 4.80. The highest BCUT2D eigenvalue weighted by atomic mass is 79.9. The number of ether oxygens (including phenoxy) is 2. The Labute approximate surface area is 148 Å². The molecule has 1 heterocycles. The first-order valence-electron chi connectivity index (χ1n) is 8.27. The van der Waals surface area contributed by atoms with Gasteiger partial charge in [0.25, 0.3) is 0 Å². The van der Waals surface area contributed by atoms with Crippen LogP contribution in [-0.4, -0.2) is 27.3 Å². The molecule has 1 aliphatic heterocycles. The molecular weight excluding hydrogens is 372 g/mol. The zero-order chi connectivity index (χ0) is 16.5. The molecule has 3 nitrogen and oxygen atoms in total. The third-order valence-electron chi connectivity index (χ3n) is 4.24. The molecule has 0 amide bonds. The van der Waals surface area contributed by atoms with Crippen LogP contribution in [0.1, 0.15) is 18.4 Å². The maximum absolute atomic E-state index is 6.38. The van der Waals surface area contributed by atoms with Gasteiger partial charge in [-0.1, -0.05) is 34.1 Å². The normalized spacial score (nSPS) is 23.8. The van der Waals surface area contributed by atoms with E-state index in [1.54, 1.807) is 0 Å². The Bertz CT molecular complexity index is 588. The molecule has 1 aromatic carbocycles. The van der Waals surface area contributed by atoms with Crippen molar-refractivity contribution >= 4 is 24.2 Å². The summed E-state index contributed by atoms with van der Waals surface area (Å²) in [6, 6.07) is 8.41. The minimum atomic E-state index is -1.63. The highest BCUT2D eigenvalue weighted by Gasteiger charge is 2.43. The summed E-state index contributed by atoms with van der Waals surface area (Å²) in [7, 11) is -1.63. The third-order valence-corrected chi connectivity index (χ3v) is 5.86. The number of hydrogen-bond acceptors (Lipinski definition) is 3. The fourth-order valence-corrected chi connectivity index (χ4v) is 4.70. The highest BCUT2D eigenvalue weighted by molar-refractivity contribution is 9.10. The van der Waals surface area contributed by atoms with Gasteiger partial charge in [0, 0.05) is 23.2 Å². The zero-order valence-electron chi connectivity index (χ0n) is 14.1. The molecule has 1 atom stereocenters. The summed E-state index contributed by atoms with van der Waals surface area (Å²) >= 11 is 3.67. The molecule has 3 rings (SSSR count). The van der Waals surface area contributed by atoms with Crippen LogP contribution in [0.25, 0.3) is 0 Å². The Hall–Kier alpha value is -0.623. The predicted molar refractivity (Wildman–Crippen MR) is 97.7 cm³/mol. The molecule has 0 aromatic heterocycles. The molecule has 0 radical (unpaired) electrons. The first kappa shape index (κ1) is 17.2. The Morgan fingerprint density at radius 2 is 1.91 bits per heavy atom. The average Bonchev–Trinajstić information content (AvgIpc) is 2.92. The van der Waals surface area contributed by atoms with Gasteiger partial charge in [-0.3, -0.25) is 0 Å². The van der Waals surface area contributed by atoms with Gasteiger partial charge in [0.2, 0.25) is 8.32 Å². The molecule has 1 unspecified atom stereocenters. The van der Waals surface area contributed by atoms with E-state index in [0.717, 1.165) is 29.5 Å². The van der Waals surface area contributed by atoms with Gasteiger partial charge < -0.3 is 13.9 Å². The maximum atomic E-state index is 6.38. The van der Waals surface area contributed by atoms with Crippen molar-refractivity contribution in [2.75, 3.05) is 13.2 Å². The first-order valence-corrected chi connectivity index (χ1v) is 12.5. The Balaban J connectivity index is 1.84. The summed E-state index contributed by atoms with van der Waals surface area (Å²) in [5.41, 5.74) is 1.30. The zero-order valence-corrected chi connectivity index (χ0v) is 16.7. The minimum Gasteiger partial charge on any atom is -0.547 e. The second-order valence-electron chi connectivity index (χ2n) is 7.33. The number of benzene rings is 1. The highest BCUT2D eigenvalue weighted by Crippen LogP contribution is 2.41. The van der Waals surface area contributed by atoms with Crippen molar-refractivity contribution in [3.05, 3.63) is 46.1 Å². The molecule has 5 heteroatoms. The van der Waals surface area contributed by atoms with Crippen molar-refractivity contribution in [3.63, 3.8) is 0 Å². The van der Waals surface area contributed by atoms with E-state index in [0.29, 0.717) is 19.1 Å². The average molecular weight is 397 g/mol. The SMILES string of the molecule is C[Si](C)(C)OC1=CCC2(CC1Cc1ccccc1Br)OCCO2. The van der Waals surface area contributed by atoms with E-state index in [-0.39, 0.29) is 0 Å². The smallest absolute Gasteiger partial charge is 0.241 e. The van der Waals surface area contributed by atoms with Gasteiger partial charge in [-0.15, -0.1) is 0 Å². The summed E-state index contributed by atoms with van der Waals surface area (Å²) in [4.78, 5) is 0. The minimum absolute atomic E-state index is 0.298. The van der Waals surface area contributed by atoms with Gasteiger partial charge in [0.1, 0.15) is 0 Å². The standard InChI is InChI=1S/C18H25BrO3Si/c1-23(2,3)22-17-8-9-18(20-10-11-21-18)13-15(17)12-14-6-4-5-7-16(14)19/h4-8,15H,9-13H2,1-3H3. The van der Waals surface area contributed by atoms with Crippen molar-refractivity contribution < 1.29 is 13.9 Å². The molecule has 0 N–H and O–H groups in total. The maximum Gasteiger partial charge on any atom is 0.241 e. The molecule has 126 valence electrons. The quantitative estimate of drug-likeness (QED) is 0.678. The number of allylic oxidation sites excluding steroid dienone is 1. The molecule has 1 fully saturated rings. The lowest BCUT2D eigenvalue weighted by Crippen LogP contribution is -2.39. The Morgan fingerprint density at radius 1 is 1.22 bits per heavy atom. The molecule has 1 spiro atoms. The monoisotopic (exact) mass is 396 g/mol. The molecule has 1 aromatic rings. The lowest BCUT2D eigenvalue weighted by Gasteiger charge is -2.38. The van der Waals surface area contributed by atoms with Crippen molar-refractivity contribution in [1.29, 1.82) is 0 Å². The van der Waals surface area contributed by atoms with Crippen molar-refractivity contribution in [2.24, 2.45) is 5.92 Å². The van der Waals surface area contributed by atoms with E-state index < -0.39 is 14.1 Å². The second kappa shape index (κ2) is 6.71. The van der Waals surface area contributed by atoms with Crippen molar-refractivity contribution in [2.45, 2.75) is 44.7 Å². The van der Waals surface area contributed by atoms with Crippen LogP contribution in [0.15, 0.2) is 40.6 Å². The topological polar surface area (TPSA) is 27.7 Å². The fourth-order valence-electron chi connectivity index (χ4n) is 3.30. The van der Waals surface area contributed by atoms with E-state index >= 15 is 0 Å². The lowest BCUT2D eigenvalue weighted by atomic mass is 9.84. The predicted octanol–water partition coefficient (Wildman–Crippen LogP) is 4.88. The molecular formula is C18H25BrO3Si. The second-order valence-corrected chi connectivity index (χ2v) is 12.6. The fraction of sp³-hybridized carbons (Fsp3) is 0.556. The summed E-state index contributed by atoms with van der Waals surface area (Å²) < 4.78 is 19.4. The molecule has 0 saturated carbocycles. The van der Waals surface area contributed by atoms with E-state index in [1.165, 1.54) is 5.56 Å². The van der Waals surface area contributed by atoms with Gasteiger partial charge in [-0.05, 0) is 43.8 Å². The van der Waals surface area contributed by atoms with Crippen LogP contribution in [0.4, 0.5) is 0 Å². The van der Waals surface area contributed by atoms with Crippen molar-refractivity contribution in [1.82, 2.24) is 0 Å². The largest absolute Gasteiger partial charge is 0.547 e. The molecule has 2 aliphatic rings. The summed E-state index contributed by atoms with van der Waals surface area (Å²) in [5.74, 6) is 0.995. The molecule has 0 bridgehead atoms. The summed E-state index contributed by atoms with van der Waals surface area (Å²) in [6.45, 7) is 8.09. The number of rotatable bonds is 4. The van der Waals surface area contributed by atoms with Gasteiger partial charge in [0.05, 0.1) is 19.0 Å². The van der Waals surface area contributed by atoms with Crippen LogP contribution >= 0.6 is 15.9 Å². The molecule has 23 heavy (non-hydrogen) atoms. The van der Waals surface area contributed by atoms with Gasteiger partial charge in [0.15, 0.2) is 5.79 Å². The third kappa shape index (κ3) is 4.27. The van der Waals surface area contributed by atoms with E-state index in [1.807, 2.05) is 0 Å². The van der Waals surface area contributed by atoms with Crippen LogP contribution in [0.2, 0.25) is 19.6 Å². The van der Waals surface area contributed by atoms with Crippen LogP contribution in [0.3, 0.4) is 0 Å². The Morgan fingerprint density at radius 3 is 2.57 bits per heavy atom. The van der Waals surface area contributed by atoms with Gasteiger partial charge >= 0.3 is 0 Å². The molecule has 1 saturated heterocycles. The Kier molecular flexibility index (Phi) is 5.02. The van der Waals surface area contributed by atoms with Crippen LogP contribution in [-0.2, 0) is 20.3 Å². The number of halogens is 1. The van der Waals surface area contributed by atoms with E-state index in [2.05, 4.69) is 65.9 Å². The number of hydrogen-bond donors (Lipinski definition) is 0. The van der Waals surface area contributed by atoms with Gasteiger partial charge in [-0.25, -0.2) is 0 Å². The van der Waals surface area contributed by atoms with Crippen molar-refractivity contribution in [3.8, 4) is 0 Å². The lowest BCUT2D eigenvalue weighted by molar-refractivity contribution is -0.171. The first-order chi connectivity index (χ1) is 10.9. The van der Waals surface area contributed by atoms with E-state index in [4.69, 9.17) is 13.9 Å².